The largest absolute Gasteiger partial charge is 0.508 e. The normalized spacial score (nSPS) is 11.0. The Morgan fingerprint density at radius 2 is 1.48 bits per heavy atom. The molecule has 0 amide bonds. The van der Waals surface area contributed by atoms with E-state index >= 15 is 0 Å². The molecule has 5 N–H and O–H groups in total. The highest BCUT2D eigenvalue weighted by Gasteiger charge is 2.10. The summed E-state index contributed by atoms with van der Waals surface area (Å²) in [7, 11) is 0. The van der Waals surface area contributed by atoms with Gasteiger partial charge in [0.25, 0.3) is 0 Å². The third-order valence-corrected chi connectivity index (χ3v) is 2.91. The molecule has 0 heterocycles. The van der Waals surface area contributed by atoms with Gasteiger partial charge in [-0.2, -0.15) is 0 Å². The molecule has 0 radical (unpaired) electrons. The van der Waals surface area contributed by atoms with Gasteiger partial charge in [0.1, 0.15) is 11.8 Å². The van der Waals surface area contributed by atoms with Crippen molar-refractivity contribution in [2.45, 2.75) is 18.9 Å². The molecule has 0 aromatic heterocycles. The van der Waals surface area contributed by atoms with Gasteiger partial charge >= 0.3 is 11.9 Å². The van der Waals surface area contributed by atoms with Crippen LogP contribution in [0.15, 0.2) is 54.6 Å². The zero-order chi connectivity index (χ0) is 17.2. The Bertz CT molecular complexity index is 625. The first-order chi connectivity index (χ1) is 10.9. The topological polar surface area (TPSA) is 121 Å². The molecule has 0 aliphatic carbocycles. The number of hydrogen-bond donors (Lipinski definition) is 4. The summed E-state index contributed by atoms with van der Waals surface area (Å²) in [4.78, 5) is 20.6. The van der Waals surface area contributed by atoms with Gasteiger partial charge in [-0.3, -0.25) is 9.59 Å². The fourth-order valence-electron chi connectivity index (χ4n) is 1.74. The summed E-state index contributed by atoms with van der Waals surface area (Å²) in [5.74, 6) is -1.67. The predicted molar refractivity (Wildman–Crippen MR) is 85.2 cm³/mol. The Labute approximate surface area is 133 Å². The van der Waals surface area contributed by atoms with Gasteiger partial charge in [-0.05, 0) is 29.7 Å². The number of phenols is 1. The van der Waals surface area contributed by atoms with Crippen molar-refractivity contribution in [3.05, 3.63) is 65.7 Å². The van der Waals surface area contributed by atoms with Gasteiger partial charge in [-0.1, -0.05) is 42.5 Å². The second-order valence-corrected chi connectivity index (χ2v) is 4.87. The van der Waals surface area contributed by atoms with E-state index in [2.05, 4.69) is 0 Å². The zero-order valence-electron chi connectivity index (χ0n) is 12.4. The number of aromatic hydroxyl groups is 1. The maximum atomic E-state index is 10.4. The number of carboxylic acid groups (broad SMARTS) is 2. The molecule has 0 aliphatic rings. The molecule has 0 saturated carbocycles. The molecule has 0 aliphatic heterocycles. The Balaban J connectivity index is 0.000000231. The van der Waals surface area contributed by atoms with E-state index in [-0.39, 0.29) is 12.2 Å². The molecule has 23 heavy (non-hydrogen) atoms. The number of phenolic OH excluding ortho intramolecular Hbond substituents is 1. The van der Waals surface area contributed by atoms with Crippen LogP contribution >= 0.6 is 0 Å². The third-order valence-electron chi connectivity index (χ3n) is 2.91. The summed E-state index contributed by atoms with van der Waals surface area (Å²) in [6.45, 7) is 0. The molecule has 1 atom stereocenters. The van der Waals surface area contributed by atoms with Crippen LogP contribution in [0, 0.1) is 0 Å². The zero-order valence-corrected chi connectivity index (χ0v) is 12.4. The molecule has 0 fully saturated rings. The number of nitrogens with two attached hydrogens (primary N) is 1. The van der Waals surface area contributed by atoms with Crippen molar-refractivity contribution >= 4 is 11.9 Å². The van der Waals surface area contributed by atoms with Crippen molar-refractivity contribution in [2.75, 3.05) is 0 Å². The number of hydrogen-bond acceptors (Lipinski definition) is 4. The molecule has 0 saturated heterocycles. The molecule has 2 rings (SSSR count). The first-order valence-corrected chi connectivity index (χ1v) is 6.90. The lowest BCUT2D eigenvalue weighted by Gasteiger charge is -2.04. The second kappa shape index (κ2) is 9.22. The van der Waals surface area contributed by atoms with Gasteiger partial charge in [0.05, 0.1) is 6.42 Å². The lowest BCUT2D eigenvalue weighted by molar-refractivity contribution is -0.138. The van der Waals surface area contributed by atoms with Crippen molar-refractivity contribution in [1.82, 2.24) is 0 Å². The lowest BCUT2D eigenvalue weighted by atomic mass is 10.1. The summed E-state index contributed by atoms with van der Waals surface area (Å²) in [5.41, 5.74) is 6.99. The maximum absolute atomic E-state index is 10.4. The molecule has 2 aromatic carbocycles. The van der Waals surface area contributed by atoms with Gasteiger partial charge in [-0.25, -0.2) is 0 Å². The first-order valence-electron chi connectivity index (χ1n) is 6.90. The van der Waals surface area contributed by atoms with Crippen LogP contribution in [0.5, 0.6) is 5.75 Å². The molecule has 6 nitrogen and oxygen atoms in total. The molecule has 0 bridgehead atoms. The minimum atomic E-state index is -0.959. The minimum absolute atomic E-state index is 0.000278. The average Bonchev–Trinajstić information content (AvgIpc) is 2.51. The highest BCUT2D eigenvalue weighted by Crippen LogP contribution is 2.09. The predicted octanol–water partition coefficient (Wildman–Crippen LogP) is 1.66. The Hall–Kier alpha value is -2.86. The summed E-state index contributed by atoms with van der Waals surface area (Å²) in [6, 6.07) is 14.7. The van der Waals surface area contributed by atoms with E-state index in [9.17, 15) is 9.59 Å². The lowest BCUT2D eigenvalue weighted by Crippen LogP contribution is -2.32. The van der Waals surface area contributed by atoms with Crippen LogP contribution in [0.2, 0.25) is 0 Å². The molecule has 2 aromatic rings. The highest BCUT2D eigenvalue weighted by atomic mass is 16.4. The van der Waals surface area contributed by atoms with Gasteiger partial charge in [0.15, 0.2) is 0 Å². The molecular formula is C17H19NO5. The van der Waals surface area contributed by atoms with Gasteiger partial charge in [0.2, 0.25) is 0 Å². The van der Waals surface area contributed by atoms with E-state index in [4.69, 9.17) is 21.1 Å². The van der Waals surface area contributed by atoms with Crippen molar-refractivity contribution in [1.29, 1.82) is 0 Å². The van der Waals surface area contributed by atoms with E-state index < -0.39 is 18.0 Å². The quantitative estimate of drug-likeness (QED) is 0.665. The minimum Gasteiger partial charge on any atom is -0.508 e. The van der Waals surface area contributed by atoms with Crippen LogP contribution in [0.3, 0.4) is 0 Å². The summed E-state index contributed by atoms with van der Waals surface area (Å²) in [5, 5.41) is 25.7. The van der Waals surface area contributed by atoms with Crippen LogP contribution in [0.1, 0.15) is 11.1 Å². The molecule has 122 valence electrons. The van der Waals surface area contributed by atoms with Crippen LogP contribution in [-0.2, 0) is 22.4 Å². The number of aliphatic carboxylic acids is 2. The highest BCUT2D eigenvalue weighted by molar-refractivity contribution is 5.73. The van der Waals surface area contributed by atoms with Crippen molar-refractivity contribution < 1.29 is 24.9 Å². The fourth-order valence-corrected chi connectivity index (χ4v) is 1.74. The number of benzene rings is 2. The summed E-state index contributed by atoms with van der Waals surface area (Å²) < 4.78 is 0. The van der Waals surface area contributed by atoms with Crippen LogP contribution in [0.25, 0.3) is 0 Å². The summed E-state index contributed by atoms with van der Waals surface area (Å²) in [6.07, 6.45) is 0.385. The second-order valence-electron chi connectivity index (χ2n) is 4.87. The monoisotopic (exact) mass is 317 g/mol. The molecular weight excluding hydrogens is 298 g/mol. The maximum Gasteiger partial charge on any atom is 0.320 e. The van der Waals surface area contributed by atoms with Crippen molar-refractivity contribution in [2.24, 2.45) is 5.73 Å². The van der Waals surface area contributed by atoms with Gasteiger partial charge in [-0.15, -0.1) is 0 Å². The number of rotatable bonds is 5. The Morgan fingerprint density at radius 3 is 1.96 bits per heavy atom. The molecule has 0 spiro atoms. The van der Waals surface area contributed by atoms with E-state index in [1.54, 1.807) is 12.1 Å². The molecule has 6 heteroatoms. The van der Waals surface area contributed by atoms with Crippen LogP contribution < -0.4 is 5.73 Å². The number of carboxylic acids is 2. The van der Waals surface area contributed by atoms with Gasteiger partial charge < -0.3 is 21.1 Å². The van der Waals surface area contributed by atoms with Crippen LogP contribution in [-0.4, -0.2) is 33.3 Å². The van der Waals surface area contributed by atoms with E-state index in [1.807, 2.05) is 30.3 Å². The Morgan fingerprint density at radius 1 is 0.913 bits per heavy atom. The Kier molecular flexibility index (Phi) is 7.29. The van der Waals surface area contributed by atoms with E-state index in [0.717, 1.165) is 5.56 Å². The summed E-state index contributed by atoms with van der Waals surface area (Å²) >= 11 is 0. The number of carbonyl (C=O) groups is 2. The molecule has 0 unspecified atom stereocenters. The van der Waals surface area contributed by atoms with Gasteiger partial charge in [0, 0.05) is 0 Å². The van der Waals surface area contributed by atoms with Crippen molar-refractivity contribution in [3.63, 3.8) is 0 Å². The standard InChI is InChI=1S/C9H11NO2.C8H8O3/c10-8(9(11)12)6-7-4-2-1-3-5-7;9-7-3-1-6(2-4-7)5-8(10)11/h1-5,8H,6,10H2,(H,11,12);1-4,9H,5H2,(H,10,11)/t8-;/m0./s1. The van der Waals surface area contributed by atoms with Crippen LogP contribution in [0.4, 0.5) is 0 Å². The van der Waals surface area contributed by atoms with E-state index in [0.29, 0.717) is 12.0 Å². The SMILES string of the molecule is N[C@@H](Cc1ccccc1)C(=O)O.O=C(O)Cc1ccc(O)cc1. The first kappa shape index (κ1) is 18.2. The van der Waals surface area contributed by atoms with Crippen molar-refractivity contribution in [3.8, 4) is 5.75 Å². The third kappa shape index (κ3) is 7.63. The smallest absolute Gasteiger partial charge is 0.320 e. The van der Waals surface area contributed by atoms with E-state index in [1.165, 1.54) is 12.1 Å². The fraction of sp³-hybridized carbons (Fsp3) is 0.176. The average molecular weight is 317 g/mol.